The van der Waals surface area contributed by atoms with Crippen molar-refractivity contribution in [2.24, 2.45) is 0 Å². The van der Waals surface area contributed by atoms with Gasteiger partial charge >= 0.3 is 0 Å². The van der Waals surface area contributed by atoms with Gasteiger partial charge < -0.3 is 14.5 Å². The first kappa shape index (κ1) is 24.3. The number of rotatable bonds is 10. The second-order valence-electron chi connectivity index (χ2n) is 7.75. The highest BCUT2D eigenvalue weighted by molar-refractivity contribution is 7.89. The average Bonchev–Trinajstić information content (AvgIpc) is 3.45. The predicted octanol–water partition coefficient (Wildman–Crippen LogP) is 1.93. The van der Waals surface area contributed by atoms with Crippen LogP contribution in [0.25, 0.3) is 0 Å². The van der Waals surface area contributed by atoms with E-state index in [1.54, 1.807) is 24.3 Å². The third kappa shape index (κ3) is 5.32. The van der Waals surface area contributed by atoms with Crippen molar-refractivity contribution in [1.29, 1.82) is 0 Å². The third-order valence-electron chi connectivity index (χ3n) is 5.41. The van der Waals surface area contributed by atoms with Crippen LogP contribution >= 0.6 is 0 Å². The van der Waals surface area contributed by atoms with Gasteiger partial charge in [-0.1, -0.05) is 12.1 Å². The van der Waals surface area contributed by atoms with Crippen molar-refractivity contribution in [2.45, 2.75) is 18.0 Å². The number of nitrogens with one attached hydrogen (secondary N) is 2. The molecule has 11 heteroatoms. The summed E-state index contributed by atoms with van der Waals surface area (Å²) in [6.07, 6.45) is 1.46. The number of methoxy groups -OCH3 is 1. The number of carbonyl (C=O) groups excluding carboxylic acids is 3. The van der Waals surface area contributed by atoms with Gasteiger partial charge in [-0.25, -0.2) is 13.1 Å². The number of nitrogens with zero attached hydrogens (tertiary/aromatic N) is 1. The van der Waals surface area contributed by atoms with Crippen molar-refractivity contribution in [3.8, 4) is 0 Å². The molecular formula is C24H23N3O7S. The summed E-state index contributed by atoms with van der Waals surface area (Å²) in [6.45, 7) is 0.569. The molecule has 0 radical (unpaired) electrons. The summed E-state index contributed by atoms with van der Waals surface area (Å²) in [5, 5.41) is 2.73. The van der Waals surface area contributed by atoms with E-state index in [0.29, 0.717) is 11.3 Å². The molecule has 0 atom stereocenters. The molecule has 35 heavy (non-hydrogen) atoms. The molecule has 2 heterocycles. The number of sulfonamides is 1. The fourth-order valence-corrected chi connectivity index (χ4v) is 4.58. The molecule has 1 aliphatic rings. The van der Waals surface area contributed by atoms with Crippen LogP contribution in [0.4, 0.5) is 0 Å². The zero-order valence-electron chi connectivity index (χ0n) is 18.8. The molecule has 0 saturated heterocycles. The van der Waals surface area contributed by atoms with Crippen LogP contribution < -0.4 is 10.0 Å². The van der Waals surface area contributed by atoms with Gasteiger partial charge in [0.05, 0.1) is 35.4 Å². The first-order valence-electron chi connectivity index (χ1n) is 10.7. The summed E-state index contributed by atoms with van der Waals surface area (Å²) in [4.78, 5) is 39.2. The van der Waals surface area contributed by atoms with Crippen molar-refractivity contribution in [3.05, 3.63) is 88.9 Å². The van der Waals surface area contributed by atoms with E-state index in [9.17, 15) is 22.8 Å². The molecule has 0 fully saturated rings. The summed E-state index contributed by atoms with van der Waals surface area (Å²) in [7, 11) is -2.17. The van der Waals surface area contributed by atoms with Gasteiger partial charge in [0.15, 0.2) is 0 Å². The van der Waals surface area contributed by atoms with Crippen LogP contribution in [0.5, 0.6) is 0 Å². The fraction of sp³-hybridized carbons (Fsp3) is 0.208. The monoisotopic (exact) mass is 497 g/mol. The highest BCUT2D eigenvalue weighted by Gasteiger charge is 2.36. The summed E-state index contributed by atoms with van der Waals surface area (Å²) in [5.74, 6) is -0.899. The minimum Gasteiger partial charge on any atom is -0.467 e. The Morgan fingerprint density at radius 1 is 1.03 bits per heavy atom. The lowest BCUT2D eigenvalue weighted by Gasteiger charge is -2.11. The standard InChI is InChI=1S/C24H23N3O7S/c1-33-12-10-26-35(31,32)19-7-4-16(5-8-19)14-25-22(28)17-6-9-20-21(13-17)24(30)27(23(20)29)15-18-3-2-11-34-18/h2-9,11,13,26H,10,12,14-15H2,1H3,(H,25,28). The van der Waals surface area contributed by atoms with Crippen molar-refractivity contribution >= 4 is 27.7 Å². The fourth-order valence-electron chi connectivity index (χ4n) is 3.57. The van der Waals surface area contributed by atoms with Crippen LogP contribution in [0.2, 0.25) is 0 Å². The van der Waals surface area contributed by atoms with Crippen LogP contribution in [-0.4, -0.2) is 51.3 Å². The van der Waals surface area contributed by atoms with Crippen molar-refractivity contribution in [1.82, 2.24) is 14.9 Å². The average molecular weight is 498 g/mol. The molecule has 182 valence electrons. The van der Waals surface area contributed by atoms with E-state index in [2.05, 4.69) is 10.0 Å². The molecule has 2 aromatic carbocycles. The van der Waals surface area contributed by atoms with Crippen molar-refractivity contribution in [2.75, 3.05) is 20.3 Å². The van der Waals surface area contributed by atoms with Gasteiger partial charge in [0.2, 0.25) is 10.0 Å². The minimum atomic E-state index is -3.65. The van der Waals surface area contributed by atoms with Crippen LogP contribution in [0, 0.1) is 0 Å². The van der Waals surface area contributed by atoms with E-state index >= 15 is 0 Å². The SMILES string of the molecule is COCCNS(=O)(=O)c1ccc(CNC(=O)c2ccc3c(c2)C(=O)N(Cc2ccco2)C3=O)cc1. The first-order chi connectivity index (χ1) is 16.8. The number of hydrogen-bond donors (Lipinski definition) is 2. The lowest BCUT2D eigenvalue weighted by molar-refractivity contribution is 0.0631. The number of imide groups is 1. The van der Waals surface area contributed by atoms with Crippen molar-refractivity contribution in [3.63, 3.8) is 0 Å². The van der Waals surface area contributed by atoms with Gasteiger partial charge in [0, 0.05) is 25.8 Å². The van der Waals surface area contributed by atoms with E-state index in [0.717, 1.165) is 4.90 Å². The van der Waals surface area contributed by atoms with Gasteiger partial charge in [0.25, 0.3) is 17.7 Å². The van der Waals surface area contributed by atoms with Crippen LogP contribution in [0.3, 0.4) is 0 Å². The Hall–Kier alpha value is -3.80. The normalized spacial score (nSPS) is 13.2. The maximum Gasteiger partial charge on any atom is 0.261 e. The number of furan rings is 1. The zero-order valence-corrected chi connectivity index (χ0v) is 19.6. The van der Waals surface area contributed by atoms with Gasteiger partial charge in [-0.3, -0.25) is 19.3 Å². The second-order valence-corrected chi connectivity index (χ2v) is 9.52. The van der Waals surface area contributed by atoms with Gasteiger partial charge in [0.1, 0.15) is 5.76 Å². The smallest absolute Gasteiger partial charge is 0.261 e. The molecule has 1 aromatic heterocycles. The Morgan fingerprint density at radius 2 is 1.77 bits per heavy atom. The molecule has 1 aliphatic heterocycles. The maximum atomic E-state index is 12.8. The first-order valence-corrected chi connectivity index (χ1v) is 12.2. The Labute approximate surface area is 201 Å². The quantitative estimate of drug-likeness (QED) is 0.323. The number of hydrogen-bond acceptors (Lipinski definition) is 7. The van der Waals surface area contributed by atoms with E-state index in [-0.39, 0.29) is 47.8 Å². The summed E-state index contributed by atoms with van der Waals surface area (Å²) < 4.78 is 36.9. The van der Waals surface area contributed by atoms with E-state index in [4.69, 9.17) is 9.15 Å². The summed E-state index contributed by atoms with van der Waals surface area (Å²) >= 11 is 0. The maximum absolute atomic E-state index is 12.8. The van der Waals surface area contributed by atoms with Gasteiger partial charge in [-0.2, -0.15) is 0 Å². The van der Waals surface area contributed by atoms with Crippen LogP contribution in [0.15, 0.2) is 70.2 Å². The Morgan fingerprint density at radius 3 is 2.46 bits per heavy atom. The molecule has 10 nitrogen and oxygen atoms in total. The molecule has 3 amide bonds. The van der Waals surface area contributed by atoms with Gasteiger partial charge in [-0.15, -0.1) is 0 Å². The number of fused-ring (bicyclic) bond motifs is 1. The minimum absolute atomic E-state index is 0.00843. The number of benzene rings is 2. The van der Waals surface area contributed by atoms with Gasteiger partial charge in [-0.05, 0) is 48.0 Å². The molecule has 0 saturated carbocycles. The summed E-state index contributed by atoms with van der Waals surface area (Å²) in [5.41, 5.74) is 1.30. The predicted molar refractivity (Wildman–Crippen MR) is 124 cm³/mol. The molecule has 2 N–H and O–H groups in total. The highest BCUT2D eigenvalue weighted by atomic mass is 32.2. The Balaban J connectivity index is 1.39. The molecule has 3 aromatic rings. The largest absolute Gasteiger partial charge is 0.467 e. The summed E-state index contributed by atoms with van der Waals surface area (Å²) in [6, 6.07) is 13.8. The second kappa shape index (κ2) is 10.2. The lowest BCUT2D eigenvalue weighted by atomic mass is 10.1. The van der Waals surface area contributed by atoms with Crippen LogP contribution in [-0.2, 0) is 27.8 Å². The van der Waals surface area contributed by atoms with Crippen LogP contribution in [0.1, 0.15) is 42.4 Å². The number of amides is 3. The van der Waals surface area contributed by atoms with Crippen molar-refractivity contribution < 1.29 is 32.0 Å². The molecular weight excluding hydrogens is 474 g/mol. The number of carbonyl (C=O) groups is 3. The molecule has 4 rings (SSSR count). The number of ether oxygens (including phenoxy) is 1. The topological polar surface area (TPSA) is 135 Å². The lowest BCUT2D eigenvalue weighted by Crippen LogP contribution is -2.28. The van der Waals surface area contributed by atoms with E-state index in [1.165, 1.54) is 43.7 Å². The zero-order chi connectivity index (χ0) is 25.0. The van der Waals surface area contributed by atoms with E-state index < -0.39 is 27.7 Å². The highest BCUT2D eigenvalue weighted by Crippen LogP contribution is 2.26. The Bertz CT molecular complexity index is 1350. The Kier molecular flexibility index (Phi) is 7.10. The third-order valence-corrected chi connectivity index (χ3v) is 6.89. The molecule has 0 aliphatic carbocycles. The molecule has 0 spiro atoms. The van der Waals surface area contributed by atoms with E-state index in [1.807, 2.05) is 0 Å². The molecule has 0 bridgehead atoms. The molecule has 0 unspecified atom stereocenters.